The molecule has 5 nitrogen and oxygen atoms in total. The molecule has 2 amide bonds. The summed E-state index contributed by atoms with van der Waals surface area (Å²) in [5.41, 5.74) is 0.524. The van der Waals surface area contributed by atoms with E-state index in [0.29, 0.717) is 17.2 Å². The predicted octanol–water partition coefficient (Wildman–Crippen LogP) is 1.68. The molecule has 1 aromatic rings. The Labute approximate surface area is 125 Å². The van der Waals surface area contributed by atoms with Gasteiger partial charge in [-0.15, -0.1) is 0 Å². The minimum absolute atomic E-state index is 0.0104. The maximum absolute atomic E-state index is 12.0. The molecule has 1 heterocycles. The first-order chi connectivity index (χ1) is 10.1. The van der Waals surface area contributed by atoms with E-state index in [1.165, 1.54) is 0 Å². The number of likely N-dealkylation sites (tertiary alicyclic amines) is 1. The molecule has 1 saturated heterocycles. The largest absolute Gasteiger partial charge is 0.497 e. The number of ether oxygens (including phenoxy) is 1. The van der Waals surface area contributed by atoms with Crippen LogP contribution in [-0.2, 0) is 4.79 Å². The van der Waals surface area contributed by atoms with Crippen LogP contribution in [0.15, 0.2) is 24.3 Å². The van der Waals surface area contributed by atoms with Crippen molar-refractivity contribution < 1.29 is 14.3 Å². The normalized spacial score (nSPS) is 15.6. The number of benzene rings is 1. The molecule has 0 aromatic heterocycles. The highest BCUT2D eigenvalue weighted by molar-refractivity contribution is 5.96. The summed E-state index contributed by atoms with van der Waals surface area (Å²) >= 11 is 0. The molecule has 2 rings (SSSR count). The van der Waals surface area contributed by atoms with Crippen LogP contribution in [0.1, 0.15) is 30.1 Å². The Morgan fingerprint density at radius 1 is 1.24 bits per heavy atom. The van der Waals surface area contributed by atoms with E-state index < -0.39 is 0 Å². The molecule has 114 valence electrons. The lowest BCUT2D eigenvalue weighted by molar-refractivity contribution is -0.131. The highest BCUT2D eigenvalue weighted by Crippen LogP contribution is 2.15. The van der Waals surface area contributed by atoms with Gasteiger partial charge in [0.1, 0.15) is 5.75 Å². The number of nitrogens with one attached hydrogen (secondary N) is 1. The highest BCUT2D eigenvalue weighted by Gasteiger charge is 2.20. The third kappa shape index (κ3) is 4.21. The summed E-state index contributed by atoms with van der Waals surface area (Å²) in [6.07, 6.45) is 2.08. The molecule has 0 radical (unpaired) electrons. The first-order valence-electron chi connectivity index (χ1n) is 7.30. The number of methoxy groups -OCH3 is 1. The zero-order valence-electron chi connectivity index (χ0n) is 12.6. The van der Waals surface area contributed by atoms with Gasteiger partial charge in [0, 0.05) is 18.7 Å². The minimum Gasteiger partial charge on any atom is -0.497 e. The minimum atomic E-state index is -0.239. The van der Waals surface area contributed by atoms with Gasteiger partial charge in [-0.25, -0.2) is 0 Å². The number of hydrogen-bond donors (Lipinski definition) is 1. The average Bonchev–Trinajstić information content (AvgIpc) is 2.53. The molecule has 0 bridgehead atoms. The van der Waals surface area contributed by atoms with Crippen molar-refractivity contribution in [1.82, 2.24) is 10.2 Å². The van der Waals surface area contributed by atoms with Gasteiger partial charge in [-0.3, -0.25) is 9.59 Å². The summed E-state index contributed by atoms with van der Waals surface area (Å²) in [4.78, 5) is 25.8. The molecule has 0 spiro atoms. The predicted molar refractivity (Wildman–Crippen MR) is 80.3 cm³/mol. The number of nitrogens with zero attached hydrogens (tertiary/aromatic N) is 1. The van der Waals surface area contributed by atoms with E-state index in [0.717, 1.165) is 25.9 Å². The fourth-order valence-corrected chi connectivity index (χ4v) is 2.37. The van der Waals surface area contributed by atoms with Crippen molar-refractivity contribution in [3.8, 4) is 5.75 Å². The van der Waals surface area contributed by atoms with Crippen molar-refractivity contribution in [2.24, 2.45) is 5.92 Å². The second-order valence-electron chi connectivity index (χ2n) is 5.47. The molecule has 0 atom stereocenters. The molecule has 5 heteroatoms. The van der Waals surface area contributed by atoms with E-state index in [9.17, 15) is 9.59 Å². The molecule has 1 N–H and O–H groups in total. The van der Waals surface area contributed by atoms with Crippen LogP contribution in [0.4, 0.5) is 0 Å². The van der Waals surface area contributed by atoms with Crippen LogP contribution < -0.4 is 10.1 Å². The number of piperidine rings is 1. The maximum Gasteiger partial charge on any atom is 0.251 e. The standard InChI is InChI=1S/C16H22N2O3/c1-12-7-9-18(10-8-12)15(19)11-17-16(20)13-3-5-14(21-2)6-4-13/h3-6,12H,7-11H2,1-2H3,(H,17,20). The van der Waals surface area contributed by atoms with Gasteiger partial charge in [-0.05, 0) is 43.0 Å². The molecular formula is C16H22N2O3. The fraction of sp³-hybridized carbons (Fsp3) is 0.500. The van der Waals surface area contributed by atoms with Crippen LogP contribution in [0.3, 0.4) is 0 Å². The molecule has 1 aliphatic heterocycles. The molecule has 0 unspecified atom stereocenters. The molecule has 0 saturated carbocycles. The molecule has 1 aromatic carbocycles. The Kier molecular flexibility index (Phi) is 5.20. The van der Waals surface area contributed by atoms with E-state index in [-0.39, 0.29) is 18.4 Å². The van der Waals surface area contributed by atoms with Gasteiger partial charge in [-0.2, -0.15) is 0 Å². The quantitative estimate of drug-likeness (QED) is 0.918. The monoisotopic (exact) mass is 290 g/mol. The van der Waals surface area contributed by atoms with Crippen molar-refractivity contribution in [3.05, 3.63) is 29.8 Å². The van der Waals surface area contributed by atoms with E-state index in [4.69, 9.17) is 4.74 Å². The van der Waals surface area contributed by atoms with Crippen molar-refractivity contribution in [3.63, 3.8) is 0 Å². The third-order valence-corrected chi connectivity index (χ3v) is 3.89. The Morgan fingerprint density at radius 3 is 2.43 bits per heavy atom. The summed E-state index contributed by atoms with van der Waals surface area (Å²) in [6.45, 7) is 3.84. The van der Waals surface area contributed by atoms with E-state index >= 15 is 0 Å². The highest BCUT2D eigenvalue weighted by atomic mass is 16.5. The number of carbonyl (C=O) groups excluding carboxylic acids is 2. The zero-order chi connectivity index (χ0) is 15.2. The third-order valence-electron chi connectivity index (χ3n) is 3.89. The van der Waals surface area contributed by atoms with Gasteiger partial charge in [0.25, 0.3) is 5.91 Å². The summed E-state index contributed by atoms with van der Waals surface area (Å²) in [7, 11) is 1.58. The van der Waals surface area contributed by atoms with Gasteiger partial charge in [0.15, 0.2) is 0 Å². The topological polar surface area (TPSA) is 58.6 Å². The van der Waals surface area contributed by atoms with Crippen LogP contribution in [0.2, 0.25) is 0 Å². The van der Waals surface area contributed by atoms with Crippen molar-refractivity contribution in [1.29, 1.82) is 0 Å². The number of hydrogen-bond acceptors (Lipinski definition) is 3. The van der Waals surface area contributed by atoms with E-state index in [1.54, 1.807) is 31.4 Å². The first-order valence-corrected chi connectivity index (χ1v) is 7.30. The van der Waals surface area contributed by atoms with Crippen LogP contribution in [-0.4, -0.2) is 43.5 Å². The molecular weight excluding hydrogens is 268 g/mol. The average molecular weight is 290 g/mol. The van der Waals surface area contributed by atoms with Crippen molar-refractivity contribution >= 4 is 11.8 Å². The van der Waals surface area contributed by atoms with Gasteiger partial charge < -0.3 is 15.0 Å². The Balaban J connectivity index is 1.81. The lowest BCUT2D eigenvalue weighted by Crippen LogP contribution is -2.43. The van der Waals surface area contributed by atoms with E-state index in [1.807, 2.05) is 4.90 Å². The van der Waals surface area contributed by atoms with Crippen LogP contribution in [0.5, 0.6) is 5.75 Å². The van der Waals surface area contributed by atoms with Gasteiger partial charge >= 0.3 is 0 Å². The van der Waals surface area contributed by atoms with Crippen LogP contribution in [0.25, 0.3) is 0 Å². The Bertz CT molecular complexity index is 491. The second-order valence-corrected chi connectivity index (χ2v) is 5.47. The van der Waals surface area contributed by atoms with Crippen LogP contribution >= 0.6 is 0 Å². The smallest absolute Gasteiger partial charge is 0.251 e. The first kappa shape index (κ1) is 15.4. The van der Waals surface area contributed by atoms with Crippen molar-refractivity contribution in [2.45, 2.75) is 19.8 Å². The summed E-state index contributed by atoms with van der Waals surface area (Å²) in [5.74, 6) is 1.13. The Morgan fingerprint density at radius 2 is 1.86 bits per heavy atom. The summed E-state index contributed by atoms with van der Waals surface area (Å²) in [5, 5.41) is 2.67. The molecule has 1 fully saturated rings. The summed E-state index contributed by atoms with van der Waals surface area (Å²) < 4.78 is 5.04. The second kappa shape index (κ2) is 7.11. The lowest BCUT2D eigenvalue weighted by Gasteiger charge is -2.30. The van der Waals surface area contributed by atoms with Gasteiger partial charge in [-0.1, -0.05) is 6.92 Å². The number of amides is 2. The van der Waals surface area contributed by atoms with Gasteiger partial charge in [0.2, 0.25) is 5.91 Å². The molecule has 0 aliphatic carbocycles. The lowest BCUT2D eigenvalue weighted by atomic mass is 9.99. The molecule has 21 heavy (non-hydrogen) atoms. The molecule has 1 aliphatic rings. The van der Waals surface area contributed by atoms with Crippen molar-refractivity contribution in [2.75, 3.05) is 26.7 Å². The fourth-order valence-electron chi connectivity index (χ4n) is 2.37. The maximum atomic E-state index is 12.0. The summed E-state index contributed by atoms with van der Waals surface area (Å²) in [6, 6.07) is 6.81. The number of carbonyl (C=O) groups is 2. The Hall–Kier alpha value is -2.04. The zero-order valence-corrected chi connectivity index (χ0v) is 12.6. The SMILES string of the molecule is COc1ccc(C(=O)NCC(=O)N2CCC(C)CC2)cc1. The van der Waals surface area contributed by atoms with Crippen LogP contribution in [0, 0.1) is 5.92 Å². The van der Waals surface area contributed by atoms with E-state index in [2.05, 4.69) is 12.2 Å². The van der Waals surface area contributed by atoms with Gasteiger partial charge in [0.05, 0.1) is 13.7 Å². The number of rotatable bonds is 4.